The first-order valence-corrected chi connectivity index (χ1v) is 10.0. The molecule has 1 fully saturated rings. The summed E-state index contributed by atoms with van der Waals surface area (Å²) in [6.07, 6.45) is 2.47. The van der Waals surface area contributed by atoms with Crippen LogP contribution in [0.5, 0.6) is 11.5 Å². The van der Waals surface area contributed by atoms with Crippen LogP contribution in [0.3, 0.4) is 0 Å². The van der Waals surface area contributed by atoms with Gasteiger partial charge in [-0.2, -0.15) is 4.98 Å². The number of aromatic nitrogens is 2. The highest BCUT2D eigenvalue weighted by Gasteiger charge is 2.19. The van der Waals surface area contributed by atoms with Gasteiger partial charge in [0.1, 0.15) is 5.82 Å². The summed E-state index contributed by atoms with van der Waals surface area (Å²) in [5.74, 6) is 3.71. The molecule has 28 heavy (non-hydrogen) atoms. The highest BCUT2D eigenvalue weighted by molar-refractivity contribution is 7.80. The first-order valence-electron chi connectivity index (χ1n) is 9.61. The lowest BCUT2D eigenvalue weighted by Gasteiger charge is -2.32. The minimum Gasteiger partial charge on any atom is -0.454 e. The molecule has 0 bridgehead atoms. The number of thiocarbonyl (C=S) groups is 1. The Balaban J connectivity index is 1.37. The van der Waals surface area contributed by atoms with Crippen molar-refractivity contribution in [2.75, 3.05) is 30.1 Å². The third kappa shape index (κ3) is 4.44. The Morgan fingerprint density at radius 3 is 2.96 bits per heavy atom. The summed E-state index contributed by atoms with van der Waals surface area (Å²) < 4.78 is 10.7. The van der Waals surface area contributed by atoms with Crippen molar-refractivity contribution in [2.24, 2.45) is 5.92 Å². The average molecular weight is 400 g/mol. The number of fused-ring (bicyclic) bond motifs is 1. The van der Waals surface area contributed by atoms with Gasteiger partial charge in [0.15, 0.2) is 16.6 Å². The maximum absolute atomic E-state index is 5.42. The van der Waals surface area contributed by atoms with Crippen molar-refractivity contribution < 1.29 is 9.47 Å². The third-order valence-electron chi connectivity index (χ3n) is 4.94. The van der Waals surface area contributed by atoms with E-state index in [4.69, 9.17) is 21.7 Å². The first-order chi connectivity index (χ1) is 13.6. The molecule has 2 aliphatic rings. The van der Waals surface area contributed by atoms with Crippen molar-refractivity contribution in [3.8, 4) is 11.5 Å². The molecule has 4 rings (SSSR count). The maximum atomic E-state index is 5.42. The number of nitrogens with one attached hydrogen (secondary N) is 2. The number of anilines is 2. The van der Waals surface area contributed by atoms with Crippen molar-refractivity contribution in [1.82, 2.24) is 15.3 Å². The number of rotatable bonds is 4. The zero-order valence-corrected chi connectivity index (χ0v) is 17.0. The molecule has 1 atom stereocenters. The molecule has 0 spiro atoms. The number of piperidine rings is 1. The van der Waals surface area contributed by atoms with Crippen molar-refractivity contribution in [1.29, 1.82) is 0 Å². The van der Waals surface area contributed by atoms with Gasteiger partial charge in [-0.05, 0) is 55.6 Å². The number of benzene rings is 1. The molecule has 2 N–H and O–H groups in total. The molecule has 0 unspecified atom stereocenters. The Kier molecular flexibility index (Phi) is 5.47. The Hall–Kier alpha value is -2.61. The van der Waals surface area contributed by atoms with Crippen molar-refractivity contribution in [3.05, 3.63) is 35.5 Å². The molecule has 2 aliphatic heterocycles. The molecule has 2 aromatic rings. The fourth-order valence-electron chi connectivity index (χ4n) is 3.55. The molecule has 3 heterocycles. The summed E-state index contributed by atoms with van der Waals surface area (Å²) in [4.78, 5) is 11.5. The Morgan fingerprint density at radius 1 is 1.25 bits per heavy atom. The van der Waals surface area contributed by atoms with Gasteiger partial charge in [0.25, 0.3) is 0 Å². The van der Waals surface area contributed by atoms with Gasteiger partial charge in [0.2, 0.25) is 12.7 Å². The van der Waals surface area contributed by atoms with Crippen LogP contribution >= 0.6 is 12.2 Å². The molecule has 0 aliphatic carbocycles. The standard InChI is InChI=1S/C20H25N5O2S/c1-13-4-3-7-25(11-13)18-8-14(2)22-19(23-18)24-20(28)21-10-15-5-6-16-17(9-15)27-12-26-16/h5-6,8-9,13H,3-4,7,10-12H2,1-2H3,(H2,21,22,23,24,28)/t13-/m0/s1. The molecule has 1 aromatic carbocycles. The number of aryl methyl sites for hydroxylation is 1. The van der Waals surface area contributed by atoms with Crippen LogP contribution in [0.15, 0.2) is 24.3 Å². The minimum absolute atomic E-state index is 0.273. The van der Waals surface area contributed by atoms with E-state index in [1.54, 1.807) is 0 Å². The average Bonchev–Trinajstić information content (AvgIpc) is 3.14. The van der Waals surface area contributed by atoms with Gasteiger partial charge < -0.3 is 25.0 Å². The van der Waals surface area contributed by atoms with Gasteiger partial charge in [-0.25, -0.2) is 4.98 Å². The lowest BCUT2D eigenvalue weighted by Crippen LogP contribution is -2.35. The summed E-state index contributed by atoms with van der Waals surface area (Å²) >= 11 is 5.42. The van der Waals surface area contributed by atoms with Crippen molar-refractivity contribution in [3.63, 3.8) is 0 Å². The predicted octanol–water partition coefficient (Wildman–Crippen LogP) is 3.24. The summed E-state index contributed by atoms with van der Waals surface area (Å²) in [6, 6.07) is 7.89. The van der Waals surface area contributed by atoms with E-state index < -0.39 is 0 Å². The summed E-state index contributed by atoms with van der Waals surface area (Å²) in [5.41, 5.74) is 1.98. The van der Waals surface area contributed by atoms with Crippen LogP contribution in [-0.4, -0.2) is 35.0 Å². The lowest BCUT2D eigenvalue weighted by molar-refractivity contribution is 0.174. The van der Waals surface area contributed by atoms with E-state index in [1.165, 1.54) is 12.8 Å². The van der Waals surface area contributed by atoms with Crippen LogP contribution in [-0.2, 0) is 6.54 Å². The molecule has 8 heteroatoms. The van der Waals surface area contributed by atoms with Gasteiger partial charge >= 0.3 is 0 Å². The number of hydrogen-bond donors (Lipinski definition) is 2. The second-order valence-corrected chi connectivity index (χ2v) is 7.79. The molecule has 0 amide bonds. The number of ether oxygens (including phenoxy) is 2. The second kappa shape index (κ2) is 8.18. The monoisotopic (exact) mass is 399 g/mol. The molecule has 0 radical (unpaired) electrons. The van der Waals surface area contributed by atoms with E-state index >= 15 is 0 Å². The zero-order valence-electron chi connectivity index (χ0n) is 16.2. The van der Waals surface area contributed by atoms with Crippen LogP contribution in [0.1, 0.15) is 31.0 Å². The zero-order chi connectivity index (χ0) is 19.5. The smallest absolute Gasteiger partial charge is 0.231 e. The Morgan fingerprint density at radius 2 is 2.11 bits per heavy atom. The van der Waals surface area contributed by atoms with E-state index in [0.29, 0.717) is 23.5 Å². The van der Waals surface area contributed by atoms with E-state index in [9.17, 15) is 0 Å². The van der Waals surface area contributed by atoms with Crippen LogP contribution in [0.2, 0.25) is 0 Å². The van der Waals surface area contributed by atoms with Crippen LogP contribution in [0.25, 0.3) is 0 Å². The van der Waals surface area contributed by atoms with E-state index in [2.05, 4.69) is 32.4 Å². The SMILES string of the molecule is Cc1cc(N2CCC[C@H](C)C2)nc(NC(=S)NCc2ccc3c(c2)OCO3)n1. The molecular weight excluding hydrogens is 374 g/mol. The minimum atomic E-state index is 0.273. The molecular formula is C20H25N5O2S. The fourth-order valence-corrected chi connectivity index (χ4v) is 3.71. The van der Waals surface area contributed by atoms with E-state index in [0.717, 1.165) is 41.7 Å². The largest absolute Gasteiger partial charge is 0.454 e. The first kappa shape index (κ1) is 18.7. The van der Waals surface area contributed by atoms with Gasteiger partial charge in [0.05, 0.1) is 0 Å². The molecule has 0 saturated carbocycles. The van der Waals surface area contributed by atoms with E-state index in [-0.39, 0.29) is 6.79 Å². The molecule has 148 valence electrons. The normalized spacial score (nSPS) is 18.1. The van der Waals surface area contributed by atoms with Gasteiger partial charge in [-0.1, -0.05) is 13.0 Å². The number of hydrogen-bond acceptors (Lipinski definition) is 6. The molecule has 1 saturated heterocycles. The summed E-state index contributed by atoms with van der Waals surface area (Å²) in [5, 5.41) is 6.79. The van der Waals surface area contributed by atoms with Crippen LogP contribution in [0, 0.1) is 12.8 Å². The van der Waals surface area contributed by atoms with Crippen LogP contribution in [0.4, 0.5) is 11.8 Å². The highest BCUT2D eigenvalue weighted by atomic mass is 32.1. The van der Waals surface area contributed by atoms with Gasteiger partial charge in [-0.15, -0.1) is 0 Å². The van der Waals surface area contributed by atoms with Crippen molar-refractivity contribution in [2.45, 2.75) is 33.2 Å². The second-order valence-electron chi connectivity index (χ2n) is 7.38. The fraction of sp³-hybridized carbons (Fsp3) is 0.450. The van der Waals surface area contributed by atoms with E-state index in [1.807, 2.05) is 31.2 Å². The summed E-state index contributed by atoms with van der Waals surface area (Å²) in [7, 11) is 0. The summed E-state index contributed by atoms with van der Waals surface area (Å²) in [6.45, 7) is 7.18. The van der Waals surface area contributed by atoms with Crippen LogP contribution < -0.4 is 25.0 Å². The topological polar surface area (TPSA) is 71.5 Å². The maximum Gasteiger partial charge on any atom is 0.231 e. The number of nitrogens with zero attached hydrogens (tertiary/aromatic N) is 3. The quantitative estimate of drug-likeness (QED) is 0.760. The Labute approximate surface area is 170 Å². The molecule has 1 aromatic heterocycles. The highest BCUT2D eigenvalue weighted by Crippen LogP contribution is 2.32. The third-order valence-corrected chi connectivity index (χ3v) is 5.18. The molecule has 7 nitrogen and oxygen atoms in total. The van der Waals surface area contributed by atoms with Gasteiger partial charge in [-0.3, -0.25) is 0 Å². The Bertz CT molecular complexity index is 876. The van der Waals surface area contributed by atoms with Crippen molar-refractivity contribution >= 4 is 29.1 Å². The lowest BCUT2D eigenvalue weighted by atomic mass is 10.0. The van der Waals surface area contributed by atoms with Gasteiger partial charge in [0, 0.05) is 31.4 Å². The predicted molar refractivity (Wildman–Crippen MR) is 113 cm³/mol.